The maximum atomic E-state index is 13.4. The van der Waals surface area contributed by atoms with Gasteiger partial charge in [0.15, 0.2) is 11.3 Å². The van der Waals surface area contributed by atoms with Crippen molar-refractivity contribution in [3.8, 4) is 51.4 Å². The second kappa shape index (κ2) is 21.7. The first-order valence-corrected chi connectivity index (χ1v) is 23.8. The zero-order valence-electron chi connectivity index (χ0n) is 37.6. The van der Waals surface area contributed by atoms with Crippen LogP contribution in [0.2, 0.25) is 0 Å². The maximum absolute atomic E-state index is 13.4. The molecule has 0 spiro atoms. The molecule has 4 heterocycles. The van der Waals surface area contributed by atoms with E-state index in [0.717, 1.165) is 42.6 Å². The molecule has 0 fully saturated rings. The quantitative estimate of drug-likeness (QED) is 0.0175. The summed E-state index contributed by atoms with van der Waals surface area (Å²) < 4.78 is 64.1. The molecule has 0 aliphatic rings. The standard InChI is InChI=1S/C45H53N9O10S2/c1-7-11-35-33-27-37(48-44(55)41(33)53(5)51-35)32-25-30(17-19-38(32)59-9-3)63-64-65-46-21-23-61-28-13-15-29(16-14-28)62-24-22-47-66(57,58)31-18-20-39(60-10-4)34(26-31)43-49-40-36(12-8-2)52-54(6)42(40)45(56)50-43/h13-20,25-27,46-47H,7-12,21-24H2,1-6H3,(H,48,55)(H,49,50,56). The van der Waals surface area contributed by atoms with Crippen LogP contribution in [0.5, 0.6) is 28.7 Å². The number of aromatic nitrogens is 7. The first kappa shape index (κ1) is 47.6. The van der Waals surface area contributed by atoms with Gasteiger partial charge in [0.05, 0.1) is 40.8 Å². The third-order valence-corrected chi connectivity index (χ3v) is 12.1. The second-order valence-electron chi connectivity index (χ2n) is 14.9. The first-order valence-electron chi connectivity index (χ1n) is 21.6. The van der Waals surface area contributed by atoms with Crippen molar-refractivity contribution < 1.29 is 36.6 Å². The zero-order valence-corrected chi connectivity index (χ0v) is 39.2. The number of hydrogen-bond donors (Lipinski definition) is 4. The second-order valence-corrected chi connectivity index (χ2v) is 17.3. The average Bonchev–Trinajstić information content (AvgIpc) is 3.80. The molecule has 3 aromatic carbocycles. The number of benzene rings is 3. The molecular formula is C45H53N9O10S2. The normalized spacial score (nSPS) is 11.7. The minimum absolute atomic E-state index is 0.0156. The molecule has 7 aromatic rings. The van der Waals surface area contributed by atoms with Gasteiger partial charge < -0.3 is 33.8 Å². The van der Waals surface area contributed by atoms with Gasteiger partial charge in [-0.25, -0.2) is 22.8 Å². The van der Waals surface area contributed by atoms with Crippen molar-refractivity contribution in [2.24, 2.45) is 14.1 Å². The van der Waals surface area contributed by atoms with E-state index in [4.69, 9.17) is 33.2 Å². The van der Waals surface area contributed by atoms with Gasteiger partial charge in [0.2, 0.25) is 10.0 Å². The molecule has 0 amide bonds. The van der Waals surface area contributed by atoms with Gasteiger partial charge in [-0.2, -0.15) is 10.2 Å². The predicted molar refractivity (Wildman–Crippen MR) is 252 cm³/mol. The van der Waals surface area contributed by atoms with E-state index < -0.39 is 15.6 Å². The fourth-order valence-corrected chi connectivity index (χ4v) is 8.68. The number of ether oxygens (including phenoxy) is 4. The van der Waals surface area contributed by atoms with Crippen molar-refractivity contribution in [1.29, 1.82) is 0 Å². The summed E-state index contributed by atoms with van der Waals surface area (Å²) >= 11 is 0.888. The Morgan fingerprint density at radius 1 is 0.682 bits per heavy atom. The molecular weight excluding hydrogens is 891 g/mol. The molecule has 0 aliphatic heterocycles. The molecule has 350 valence electrons. The lowest BCUT2D eigenvalue weighted by Gasteiger charge is -2.13. The Morgan fingerprint density at radius 2 is 1.29 bits per heavy atom. The Morgan fingerprint density at radius 3 is 1.98 bits per heavy atom. The number of fused-ring (bicyclic) bond motifs is 2. The minimum atomic E-state index is -3.99. The van der Waals surface area contributed by atoms with E-state index in [-0.39, 0.29) is 29.4 Å². The summed E-state index contributed by atoms with van der Waals surface area (Å²) in [4.78, 5) is 42.2. The number of H-pyrrole nitrogens is 2. The number of nitrogens with one attached hydrogen (secondary N) is 4. The summed E-state index contributed by atoms with van der Waals surface area (Å²) in [6.45, 7) is 9.30. The first-order chi connectivity index (χ1) is 31.9. The largest absolute Gasteiger partial charge is 0.493 e. The summed E-state index contributed by atoms with van der Waals surface area (Å²) in [6, 6.07) is 18.5. The van der Waals surface area contributed by atoms with Crippen LogP contribution < -0.4 is 44.4 Å². The minimum Gasteiger partial charge on any atom is -0.493 e. The highest BCUT2D eigenvalue weighted by molar-refractivity contribution is 7.92. The van der Waals surface area contributed by atoms with E-state index in [2.05, 4.69) is 36.5 Å². The van der Waals surface area contributed by atoms with Crippen LogP contribution in [-0.2, 0) is 41.3 Å². The van der Waals surface area contributed by atoms with Crippen LogP contribution in [0.15, 0.2) is 81.2 Å². The van der Waals surface area contributed by atoms with E-state index >= 15 is 0 Å². The van der Waals surface area contributed by atoms with Gasteiger partial charge in [-0.3, -0.25) is 19.0 Å². The van der Waals surface area contributed by atoms with Crippen molar-refractivity contribution >= 4 is 44.2 Å². The molecule has 0 saturated heterocycles. The Balaban J connectivity index is 0.863. The van der Waals surface area contributed by atoms with Crippen LogP contribution in [-0.4, -0.2) is 82.4 Å². The SMILES string of the molecule is CCCc1nn(C)c2c(=O)[nH]c(-c3cc(OOSNCCOc4ccc(OCCNS(=O)(=O)c5ccc(OCC)c(-c6nc7c(CCC)nn(C)c7c(=O)[nH]6)c5)cc4)ccc3OCC)cc12. The van der Waals surface area contributed by atoms with Crippen molar-refractivity contribution in [2.75, 3.05) is 39.5 Å². The van der Waals surface area contributed by atoms with Gasteiger partial charge in [0.1, 0.15) is 65.3 Å². The Kier molecular flexibility index (Phi) is 15.7. The lowest BCUT2D eigenvalue weighted by Crippen LogP contribution is -2.28. The average molecular weight is 944 g/mol. The van der Waals surface area contributed by atoms with Crippen LogP contribution in [0.4, 0.5) is 0 Å². The summed E-state index contributed by atoms with van der Waals surface area (Å²) in [6.07, 6.45) is 3.08. The summed E-state index contributed by atoms with van der Waals surface area (Å²) in [5.74, 6) is 2.66. The monoisotopic (exact) mass is 943 g/mol. The van der Waals surface area contributed by atoms with Crippen molar-refractivity contribution in [2.45, 2.75) is 58.3 Å². The number of aromatic amines is 2. The molecule has 0 saturated carbocycles. The molecule has 7 rings (SSSR count). The highest BCUT2D eigenvalue weighted by Crippen LogP contribution is 2.35. The molecule has 0 atom stereocenters. The van der Waals surface area contributed by atoms with Gasteiger partial charge in [-0.1, -0.05) is 31.0 Å². The number of hydrogen-bond acceptors (Lipinski definition) is 15. The number of pyridine rings is 1. The molecule has 0 aliphatic carbocycles. The topological polar surface area (TPSA) is 228 Å². The molecule has 0 bridgehead atoms. The Labute approximate surface area is 385 Å². The molecule has 21 heteroatoms. The lowest BCUT2D eigenvalue weighted by atomic mass is 10.1. The highest BCUT2D eigenvalue weighted by atomic mass is 32.2. The summed E-state index contributed by atoms with van der Waals surface area (Å²) in [7, 11) is -0.537. The van der Waals surface area contributed by atoms with Crippen molar-refractivity contribution in [1.82, 2.24) is 44.0 Å². The van der Waals surface area contributed by atoms with Crippen molar-refractivity contribution in [3.63, 3.8) is 0 Å². The third-order valence-electron chi connectivity index (χ3n) is 10.2. The van der Waals surface area contributed by atoms with Gasteiger partial charge in [0, 0.05) is 38.1 Å². The Hall–Kier alpha value is -6.39. The van der Waals surface area contributed by atoms with E-state index in [9.17, 15) is 18.0 Å². The van der Waals surface area contributed by atoms with Crippen LogP contribution in [0.1, 0.15) is 51.9 Å². The summed E-state index contributed by atoms with van der Waals surface area (Å²) in [5, 5.41) is 9.83. The Bertz CT molecular complexity index is 3020. The third kappa shape index (κ3) is 11.0. The molecule has 66 heavy (non-hydrogen) atoms. The summed E-state index contributed by atoms with van der Waals surface area (Å²) in [5.41, 5.74) is 3.76. The molecule has 0 unspecified atom stereocenters. The molecule has 4 aromatic heterocycles. The van der Waals surface area contributed by atoms with Crippen LogP contribution in [0, 0.1) is 0 Å². The molecule has 4 N–H and O–H groups in total. The van der Waals surface area contributed by atoms with Gasteiger partial charge in [-0.05, 0) is 93.4 Å². The van der Waals surface area contributed by atoms with Crippen LogP contribution in [0.3, 0.4) is 0 Å². The van der Waals surface area contributed by atoms with E-state index in [1.54, 1.807) is 67.3 Å². The number of nitrogens with zero attached hydrogens (tertiary/aromatic N) is 5. The van der Waals surface area contributed by atoms with Crippen LogP contribution >= 0.6 is 12.2 Å². The van der Waals surface area contributed by atoms with Crippen molar-refractivity contribution in [3.05, 3.63) is 98.8 Å². The maximum Gasteiger partial charge on any atom is 0.277 e. The fourth-order valence-electron chi connectivity index (χ4n) is 7.31. The predicted octanol–water partition coefficient (Wildman–Crippen LogP) is 6.17. The number of rotatable bonds is 24. The van der Waals surface area contributed by atoms with Crippen LogP contribution in [0.25, 0.3) is 44.6 Å². The molecule has 19 nitrogen and oxygen atoms in total. The van der Waals surface area contributed by atoms with Gasteiger partial charge >= 0.3 is 0 Å². The smallest absolute Gasteiger partial charge is 0.277 e. The zero-order chi connectivity index (χ0) is 46.8. The van der Waals surface area contributed by atoms with E-state index in [1.165, 1.54) is 16.8 Å². The lowest BCUT2D eigenvalue weighted by molar-refractivity contribution is -0.0788. The van der Waals surface area contributed by atoms with Gasteiger partial charge in [0.25, 0.3) is 11.1 Å². The number of aryl methyl sites for hydroxylation is 4. The van der Waals surface area contributed by atoms with E-state index in [1.807, 2.05) is 26.8 Å². The highest BCUT2D eigenvalue weighted by Gasteiger charge is 2.22. The fraction of sp³-hybridized carbons (Fsp3) is 0.356. The number of sulfonamides is 1. The van der Waals surface area contributed by atoms with Gasteiger partial charge in [-0.15, -0.1) is 0 Å². The van der Waals surface area contributed by atoms with E-state index in [0.29, 0.717) is 101 Å². The molecule has 0 radical (unpaired) electrons.